The first-order chi connectivity index (χ1) is 9.85. The summed E-state index contributed by atoms with van der Waals surface area (Å²) in [7, 11) is 1.57. The van der Waals surface area contributed by atoms with Gasteiger partial charge in [-0.3, -0.25) is 9.59 Å². The monoisotopic (exact) mass is 293 g/mol. The van der Waals surface area contributed by atoms with Gasteiger partial charge in [-0.25, -0.2) is 0 Å². The Morgan fingerprint density at radius 1 is 1.19 bits per heavy atom. The van der Waals surface area contributed by atoms with Crippen molar-refractivity contribution in [1.82, 2.24) is 0 Å². The van der Waals surface area contributed by atoms with E-state index in [-0.39, 0.29) is 18.4 Å². The molecular weight excluding hydrogens is 270 g/mol. The minimum absolute atomic E-state index is 0.0664. The Hall–Kier alpha value is -2.04. The summed E-state index contributed by atoms with van der Waals surface area (Å²) in [6.45, 7) is 5.68. The Bertz CT molecular complexity index is 482. The molecule has 5 heteroatoms. The van der Waals surface area contributed by atoms with E-state index in [1.54, 1.807) is 38.3 Å². The van der Waals surface area contributed by atoms with Crippen molar-refractivity contribution in [2.75, 3.05) is 18.6 Å². The summed E-state index contributed by atoms with van der Waals surface area (Å²) in [5.41, 5.74) is 0.689. The quantitative estimate of drug-likeness (QED) is 0.839. The summed E-state index contributed by atoms with van der Waals surface area (Å²) in [5, 5.41) is 9.07. The van der Waals surface area contributed by atoms with Gasteiger partial charge in [0, 0.05) is 18.7 Å². The fourth-order valence-electron chi connectivity index (χ4n) is 1.92. The molecule has 0 aromatic heterocycles. The van der Waals surface area contributed by atoms with Crippen molar-refractivity contribution in [2.24, 2.45) is 11.8 Å². The molecule has 116 valence electrons. The molecule has 0 bridgehead atoms. The third-order valence-electron chi connectivity index (χ3n) is 3.15. The van der Waals surface area contributed by atoms with Gasteiger partial charge in [0.05, 0.1) is 13.0 Å². The molecule has 0 heterocycles. The number of amides is 1. The van der Waals surface area contributed by atoms with Crippen molar-refractivity contribution < 1.29 is 19.4 Å². The zero-order valence-electron chi connectivity index (χ0n) is 13.0. The van der Waals surface area contributed by atoms with Crippen LogP contribution in [0.25, 0.3) is 0 Å². The molecule has 1 amide bonds. The number of ether oxygens (including phenoxy) is 1. The average molecular weight is 293 g/mol. The number of hydrogen-bond acceptors (Lipinski definition) is 3. The minimum atomic E-state index is -0.911. The molecule has 0 fully saturated rings. The number of methoxy groups -OCH3 is 1. The first-order valence-corrected chi connectivity index (χ1v) is 7.02. The molecular formula is C16H23NO4. The number of carboxylic acids is 1. The second-order valence-corrected chi connectivity index (χ2v) is 5.54. The van der Waals surface area contributed by atoms with Crippen LogP contribution in [0.2, 0.25) is 0 Å². The first kappa shape index (κ1) is 17.0. The highest BCUT2D eigenvalue weighted by Crippen LogP contribution is 2.22. The Morgan fingerprint density at radius 2 is 1.76 bits per heavy atom. The summed E-state index contributed by atoms with van der Waals surface area (Å²) in [4.78, 5) is 25.0. The molecule has 1 aromatic rings. The molecule has 1 unspecified atom stereocenters. The van der Waals surface area contributed by atoms with Gasteiger partial charge in [0.15, 0.2) is 0 Å². The fraction of sp³-hybridized carbons (Fsp3) is 0.500. The van der Waals surface area contributed by atoms with Crippen LogP contribution in [0.3, 0.4) is 0 Å². The number of aliphatic carboxylic acids is 1. The highest BCUT2D eigenvalue weighted by molar-refractivity contribution is 5.94. The van der Waals surface area contributed by atoms with E-state index in [0.717, 1.165) is 0 Å². The third-order valence-corrected chi connectivity index (χ3v) is 3.15. The van der Waals surface area contributed by atoms with Gasteiger partial charge in [-0.1, -0.05) is 20.8 Å². The van der Waals surface area contributed by atoms with Crippen LogP contribution in [0.5, 0.6) is 5.75 Å². The number of rotatable bonds is 7. The lowest BCUT2D eigenvalue weighted by molar-refractivity contribution is -0.140. The van der Waals surface area contributed by atoms with E-state index in [4.69, 9.17) is 9.84 Å². The number of carboxylic acid groups (broad SMARTS) is 1. The van der Waals surface area contributed by atoms with Gasteiger partial charge in [0.25, 0.3) is 0 Å². The average Bonchev–Trinajstić information content (AvgIpc) is 2.43. The SMILES string of the molecule is COc1ccc(N(CC(C)C(=O)O)C(=O)CC(C)C)cc1. The zero-order valence-corrected chi connectivity index (χ0v) is 13.0. The predicted molar refractivity (Wildman–Crippen MR) is 81.6 cm³/mol. The molecule has 0 aliphatic rings. The maximum atomic E-state index is 12.4. The lowest BCUT2D eigenvalue weighted by Crippen LogP contribution is -2.37. The van der Waals surface area contributed by atoms with Crippen LogP contribution in [0.15, 0.2) is 24.3 Å². The van der Waals surface area contributed by atoms with Crippen molar-refractivity contribution in [2.45, 2.75) is 27.2 Å². The standard InChI is InChI=1S/C16H23NO4/c1-11(2)9-15(18)17(10-12(3)16(19)20)13-5-7-14(21-4)8-6-13/h5-8,11-12H,9-10H2,1-4H3,(H,19,20). The van der Waals surface area contributed by atoms with E-state index >= 15 is 0 Å². The van der Waals surface area contributed by atoms with Crippen LogP contribution in [0.1, 0.15) is 27.2 Å². The van der Waals surface area contributed by atoms with Crippen LogP contribution >= 0.6 is 0 Å². The Labute approximate surface area is 125 Å². The number of anilines is 1. The molecule has 0 saturated heterocycles. The van der Waals surface area contributed by atoms with Crippen LogP contribution < -0.4 is 9.64 Å². The van der Waals surface area contributed by atoms with Gasteiger partial charge < -0.3 is 14.7 Å². The van der Waals surface area contributed by atoms with Gasteiger partial charge in [-0.15, -0.1) is 0 Å². The van der Waals surface area contributed by atoms with Crippen molar-refractivity contribution in [3.05, 3.63) is 24.3 Å². The summed E-state index contributed by atoms with van der Waals surface area (Å²) >= 11 is 0. The summed E-state index contributed by atoms with van der Waals surface area (Å²) in [6, 6.07) is 7.06. The molecule has 1 rings (SSSR count). The Balaban J connectivity index is 2.98. The van der Waals surface area contributed by atoms with Gasteiger partial charge in [0.2, 0.25) is 5.91 Å². The van der Waals surface area contributed by atoms with Gasteiger partial charge in [0.1, 0.15) is 5.75 Å². The second-order valence-electron chi connectivity index (χ2n) is 5.54. The lowest BCUT2D eigenvalue weighted by atomic mass is 10.1. The van der Waals surface area contributed by atoms with Crippen molar-refractivity contribution in [1.29, 1.82) is 0 Å². The number of carbonyl (C=O) groups is 2. The Kier molecular flexibility index (Phi) is 6.21. The molecule has 21 heavy (non-hydrogen) atoms. The van der Waals surface area contributed by atoms with E-state index in [2.05, 4.69) is 0 Å². The molecule has 0 saturated carbocycles. The van der Waals surface area contributed by atoms with E-state index in [9.17, 15) is 9.59 Å². The lowest BCUT2D eigenvalue weighted by Gasteiger charge is -2.25. The van der Waals surface area contributed by atoms with Crippen LogP contribution in [0.4, 0.5) is 5.69 Å². The minimum Gasteiger partial charge on any atom is -0.497 e. The molecule has 5 nitrogen and oxygen atoms in total. The van der Waals surface area contributed by atoms with Crippen LogP contribution in [0, 0.1) is 11.8 Å². The van der Waals surface area contributed by atoms with Gasteiger partial charge in [-0.05, 0) is 30.2 Å². The summed E-state index contributed by atoms with van der Waals surface area (Å²) in [5.74, 6) is -0.683. The number of hydrogen-bond donors (Lipinski definition) is 1. The van der Waals surface area contributed by atoms with Crippen LogP contribution in [-0.2, 0) is 9.59 Å². The van der Waals surface area contributed by atoms with E-state index in [1.165, 1.54) is 4.90 Å². The molecule has 0 aliphatic heterocycles. The largest absolute Gasteiger partial charge is 0.497 e. The second kappa shape index (κ2) is 7.67. The van der Waals surface area contributed by atoms with E-state index in [1.807, 2.05) is 13.8 Å². The highest BCUT2D eigenvalue weighted by Gasteiger charge is 2.22. The molecule has 0 spiro atoms. The maximum absolute atomic E-state index is 12.4. The van der Waals surface area contributed by atoms with Gasteiger partial charge >= 0.3 is 5.97 Å². The molecule has 1 atom stereocenters. The molecule has 1 aromatic carbocycles. The summed E-state index contributed by atoms with van der Waals surface area (Å²) < 4.78 is 5.10. The smallest absolute Gasteiger partial charge is 0.308 e. The van der Waals surface area contributed by atoms with Crippen molar-refractivity contribution >= 4 is 17.6 Å². The summed E-state index contributed by atoms with van der Waals surface area (Å²) in [6.07, 6.45) is 0.387. The van der Waals surface area contributed by atoms with Crippen molar-refractivity contribution in [3.8, 4) is 5.75 Å². The topological polar surface area (TPSA) is 66.8 Å². The number of carbonyl (C=O) groups excluding carboxylic acids is 1. The van der Waals surface area contributed by atoms with Crippen molar-refractivity contribution in [3.63, 3.8) is 0 Å². The van der Waals surface area contributed by atoms with E-state index in [0.29, 0.717) is 17.9 Å². The fourth-order valence-corrected chi connectivity index (χ4v) is 1.92. The zero-order chi connectivity index (χ0) is 16.0. The molecule has 1 N–H and O–H groups in total. The first-order valence-electron chi connectivity index (χ1n) is 7.02. The van der Waals surface area contributed by atoms with Gasteiger partial charge in [-0.2, -0.15) is 0 Å². The predicted octanol–water partition coefficient (Wildman–Crippen LogP) is 2.80. The molecule has 0 radical (unpaired) electrons. The normalized spacial score (nSPS) is 12.0. The van der Waals surface area contributed by atoms with E-state index < -0.39 is 11.9 Å². The maximum Gasteiger partial charge on any atom is 0.308 e. The van der Waals surface area contributed by atoms with Crippen LogP contribution in [-0.4, -0.2) is 30.6 Å². The molecule has 0 aliphatic carbocycles. The highest BCUT2D eigenvalue weighted by atomic mass is 16.5. The number of nitrogens with zero attached hydrogens (tertiary/aromatic N) is 1. The Morgan fingerprint density at radius 3 is 2.19 bits per heavy atom. The third kappa shape index (κ3) is 5.10. The number of benzene rings is 1.